The van der Waals surface area contributed by atoms with E-state index in [1.54, 1.807) is 20.3 Å². The van der Waals surface area contributed by atoms with Crippen LogP contribution in [0.25, 0.3) is 0 Å². The van der Waals surface area contributed by atoms with E-state index >= 15 is 0 Å². The second kappa shape index (κ2) is 11.3. The van der Waals surface area contributed by atoms with Crippen LogP contribution in [0.5, 0.6) is 5.75 Å². The van der Waals surface area contributed by atoms with Gasteiger partial charge < -0.3 is 29.6 Å². The number of nitrogens with one attached hydrogen (secondary N) is 2. The lowest BCUT2D eigenvalue weighted by atomic mass is 9.85. The molecule has 2 unspecified atom stereocenters. The highest BCUT2D eigenvalue weighted by Crippen LogP contribution is 2.47. The van der Waals surface area contributed by atoms with E-state index in [1.165, 1.54) is 0 Å². The van der Waals surface area contributed by atoms with Crippen LogP contribution in [0.15, 0.2) is 48.6 Å². The smallest absolute Gasteiger partial charge is 0.407 e. The summed E-state index contributed by atoms with van der Waals surface area (Å²) >= 11 is 6.51. The molecule has 6 atom stereocenters. The van der Waals surface area contributed by atoms with E-state index in [2.05, 4.69) is 17.2 Å². The van der Waals surface area contributed by atoms with E-state index in [9.17, 15) is 9.59 Å². The van der Waals surface area contributed by atoms with E-state index < -0.39 is 17.8 Å². The van der Waals surface area contributed by atoms with Crippen molar-refractivity contribution in [2.24, 2.45) is 5.92 Å². The first-order chi connectivity index (χ1) is 17.7. The molecular weight excluding hydrogens is 496 g/mol. The second-order valence-corrected chi connectivity index (χ2v) is 10.5. The summed E-state index contributed by atoms with van der Waals surface area (Å²) in [4.78, 5) is 25.3. The summed E-state index contributed by atoms with van der Waals surface area (Å²) in [5.41, 5.74) is 2.01. The number of ether oxygens (including phenoxy) is 4. The molecule has 1 aromatic carbocycles. The summed E-state index contributed by atoms with van der Waals surface area (Å²) < 4.78 is 22.9. The lowest BCUT2D eigenvalue weighted by molar-refractivity contribution is -0.116. The zero-order valence-corrected chi connectivity index (χ0v) is 22.5. The van der Waals surface area contributed by atoms with Crippen LogP contribution in [0.2, 0.25) is 5.02 Å². The maximum atomic E-state index is 12.9. The summed E-state index contributed by atoms with van der Waals surface area (Å²) in [6.07, 6.45) is 8.05. The van der Waals surface area contributed by atoms with Crippen molar-refractivity contribution in [1.29, 1.82) is 0 Å². The molecular formula is C28H35ClN2O6. The lowest BCUT2D eigenvalue weighted by Crippen LogP contribution is -2.53. The Morgan fingerprint density at radius 3 is 2.76 bits per heavy atom. The third-order valence-corrected chi connectivity index (χ3v) is 7.70. The number of amides is 2. The predicted molar refractivity (Wildman–Crippen MR) is 142 cm³/mol. The summed E-state index contributed by atoms with van der Waals surface area (Å²) in [6, 6.07) is 3.47. The Labute approximate surface area is 223 Å². The first kappa shape index (κ1) is 27.2. The van der Waals surface area contributed by atoms with Crippen LogP contribution >= 0.6 is 11.6 Å². The van der Waals surface area contributed by atoms with Crippen molar-refractivity contribution in [1.82, 2.24) is 5.32 Å². The third kappa shape index (κ3) is 6.20. The fourth-order valence-electron chi connectivity index (χ4n) is 5.20. The Morgan fingerprint density at radius 2 is 2.05 bits per heavy atom. The molecule has 2 amide bonds. The second-order valence-electron chi connectivity index (χ2n) is 10.1. The average molecular weight is 531 g/mol. The van der Waals surface area contributed by atoms with E-state index in [4.69, 9.17) is 30.5 Å². The Balaban J connectivity index is 1.67. The van der Waals surface area contributed by atoms with Crippen molar-refractivity contribution in [3.8, 4) is 5.75 Å². The van der Waals surface area contributed by atoms with Crippen LogP contribution < -0.4 is 15.4 Å². The van der Waals surface area contributed by atoms with Crippen LogP contribution in [-0.2, 0) is 25.4 Å². The van der Waals surface area contributed by atoms with Gasteiger partial charge in [-0.3, -0.25) is 4.79 Å². The normalized spacial score (nSPS) is 34.5. The third-order valence-electron chi connectivity index (χ3n) is 7.31. The number of methoxy groups -OCH3 is 2. The summed E-state index contributed by atoms with van der Waals surface area (Å²) in [7, 11) is 3.17. The van der Waals surface area contributed by atoms with Gasteiger partial charge in [0.25, 0.3) is 0 Å². The Morgan fingerprint density at radius 1 is 1.27 bits per heavy atom. The van der Waals surface area contributed by atoms with Gasteiger partial charge in [-0.15, -0.1) is 6.58 Å². The standard InChI is InChI=1S/C28H35ClN2O6/c1-6-18-22-15-19(31-27(33)36-22)21(34-4)9-7-8-16(2)12-17-13-20(25(29)23(14-17)35-5)30-24(32)10-11-28(3)26(18)37-28/h6-9,13-14,18-19,21-22,26H,1,10-12,15H2,2-5H3,(H,30,32)(H,31,33)/b9-7+,16-8+/t18-,19?,21-,22?,26+,28+/m1/s1. The van der Waals surface area contributed by atoms with E-state index in [1.807, 2.05) is 44.2 Å². The molecule has 8 nitrogen and oxygen atoms in total. The summed E-state index contributed by atoms with van der Waals surface area (Å²) in [6.45, 7) is 7.96. The Bertz CT molecular complexity index is 1120. The lowest BCUT2D eigenvalue weighted by Gasteiger charge is -2.36. The molecule has 3 heterocycles. The van der Waals surface area contributed by atoms with Crippen molar-refractivity contribution in [3.63, 3.8) is 0 Å². The SMILES string of the molecule is C=C[C@@H]1C2CC(NC(=O)O2)[C@H](OC)/C=C/C=C(\C)Cc2cc(c(Cl)c(OC)c2)NC(=O)CC[C@]2(C)O[C@@H]12. The maximum Gasteiger partial charge on any atom is 0.407 e. The summed E-state index contributed by atoms with van der Waals surface area (Å²) in [5, 5.41) is 6.18. The zero-order chi connectivity index (χ0) is 26.7. The molecule has 2 fully saturated rings. The minimum Gasteiger partial charge on any atom is -0.495 e. The molecule has 3 aliphatic heterocycles. The van der Waals surface area contributed by atoms with Crippen molar-refractivity contribution >= 4 is 29.3 Å². The highest BCUT2D eigenvalue weighted by atomic mass is 35.5. The first-order valence-corrected chi connectivity index (χ1v) is 12.9. The number of epoxide rings is 1. The number of hydrogen-bond acceptors (Lipinski definition) is 6. The number of carbonyl (C=O) groups excluding carboxylic acids is 2. The van der Waals surface area contributed by atoms with Gasteiger partial charge in [0.15, 0.2) is 0 Å². The average Bonchev–Trinajstić information content (AvgIpc) is 3.52. The van der Waals surface area contributed by atoms with Gasteiger partial charge in [-0.1, -0.05) is 41.5 Å². The Kier molecular flexibility index (Phi) is 8.31. The molecule has 0 spiro atoms. The monoisotopic (exact) mass is 530 g/mol. The Hall–Kier alpha value is -2.81. The molecule has 200 valence electrons. The predicted octanol–water partition coefficient (Wildman–Crippen LogP) is 4.97. The van der Waals surface area contributed by atoms with Gasteiger partial charge >= 0.3 is 6.09 Å². The fraction of sp³-hybridized carbons (Fsp3) is 0.500. The van der Waals surface area contributed by atoms with Gasteiger partial charge in [0.2, 0.25) is 5.91 Å². The number of allylic oxidation sites excluding steroid dienone is 3. The van der Waals surface area contributed by atoms with Crippen LogP contribution in [-0.4, -0.2) is 56.2 Å². The molecule has 0 aromatic heterocycles. The zero-order valence-electron chi connectivity index (χ0n) is 21.7. The van der Waals surface area contributed by atoms with Crippen LogP contribution in [0, 0.1) is 5.92 Å². The number of anilines is 1. The molecule has 9 heteroatoms. The highest BCUT2D eigenvalue weighted by molar-refractivity contribution is 6.35. The van der Waals surface area contributed by atoms with Gasteiger partial charge in [0.05, 0.1) is 36.6 Å². The molecule has 0 saturated carbocycles. The number of benzene rings is 1. The van der Waals surface area contributed by atoms with Gasteiger partial charge in [-0.2, -0.15) is 0 Å². The molecule has 37 heavy (non-hydrogen) atoms. The number of alkyl carbamates (subject to hydrolysis) is 1. The largest absolute Gasteiger partial charge is 0.495 e. The number of fused-ring (bicyclic) bond motifs is 5. The number of hydrogen-bond donors (Lipinski definition) is 2. The molecule has 0 radical (unpaired) electrons. The number of carbonyl (C=O) groups is 2. The van der Waals surface area contributed by atoms with E-state index in [0.717, 1.165) is 11.1 Å². The quantitative estimate of drug-likeness (QED) is 0.423. The van der Waals surface area contributed by atoms with Gasteiger partial charge in [-0.05, 0) is 44.4 Å². The van der Waals surface area contributed by atoms with Crippen molar-refractivity contribution in [2.75, 3.05) is 19.5 Å². The van der Waals surface area contributed by atoms with Crippen molar-refractivity contribution in [2.45, 2.75) is 69.5 Å². The molecule has 1 aromatic rings. The van der Waals surface area contributed by atoms with E-state index in [-0.39, 0.29) is 36.5 Å². The molecule has 2 N–H and O–H groups in total. The summed E-state index contributed by atoms with van der Waals surface area (Å²) in [5.74, 6) is 0.108. The van der Waals surface area contributed by atoms with Crippen LogP contribution in [0.1, 0.15) is 38.7 Å². The molecule has 2 saturated heterocycles. The van der Waals surface area contributed by atoms with Gasteiger partial charge in [0, 0.05) is 25.9 Å². The fourth-order valence-corrected chi connectivity index (χ4v) is 5.44. The van der Waals surface area contributed by atoms with Crippen molar-refractivity contribution in [3.05, 3.63) is 59.2 Å². The first-order valence-electron chi connectivity index (χ1n) is 12.5. The molecule has 4 rings (SSSR count). The number of rotatable bonds is 3. The molecule has 0 aliphatic carbocycles. The highest BCUT2D eigenvalue weighted by Gasteiger charge is 2.58. The number of halogens is 1. The van der Waals surface area contributed by atoms with Crippen LogP contribution in [0.3, 0.4) is 0 Å². The topological polar surface area (TPSA) is 98.4 Å². The maximum absolute atomic E-state index is 12.9. The minimum atomic E-state index is -0.531. The van der Waals surface area contributed by atoms with Crippen molar-refractivity contribution < 1.29 is 28.5 Å². The minimum absolute atomic E-state index is 0.170. The van der Waals surface area contributed by atoms with Gasteiger partial charge in [-0.25, -0.2) is 4.79 Å². The van der Waals surface area contributed by atoms with Crippen LogP contribution in [0.4, 0.5) is 10.5 Å². The molecule has 4 bridgehead atoms. The van der Waals surface area contributed by atoms with E-state index in [0.29, 0.717) is 35.7 Å². The molecule has 3 aliphatic rings. The van der Waals surface area contributed by atoms with Gasteiger partial charge in [0.1, 0.15) is 16.9 Å².